The van der Waals surface area contributed by atoms with Gasteiger partial charge in [-0.1, -0.05) is 41.9 Å². The lowest BCUT2D eigenvalue weighted by Crippen LogP contribution is -2.21. The molecule has 0 heterocycles. The summed E-state index contributed by atoms with van der Waals surface area (Å²) in [4.78, 5) is 11.8. The van der Waals surface area contributed by atoms with Crippen molar-refractivity contribution in [3.63, 3.8) is 0 Å². The average molecular weight is 459 g/mol. The van der Waals surface area contributed by atoms with E-state index in [0.29, 0.717) is 11.5 Å². The Morgan fingerprint density at radius 2 is 2.04 bits per heavy atom. The molecule has 0 fully saturated rings. The highest BCUT2D eigenvalue weighted by Gasteiger charge is 2.04. The highest BCUT2D eigenvalue weighted by molar-refractivity contribution is 14.1. The fourth-order valence-electron chi connectivity index (χ4n) is 1.83. The van der Waals surface area contributed by atoms with Crippen LogP contribution in [0.3, 0.4) is 0 Å². The Balaban J connectivity index is 1.81. The molecule has 2 aromatic carbocycles. The highest BCUT2D eigenvalue weighted by Crippen LogP contribution is 2.20. The van der Waals surface area contributed by atoms with E-state index in [-0.39, 0.29) is 5.91 Å². The second kappa shape index (κ2) is 9.30. The minimum atomic E-state index is -0.118. The van der Waals surface area contributed by atoms with Crippen LogP contribution in [0.15, 0.2) is 53.6 Å². The van der Waals surface area contributed by atoms with E-state index in [4.69, 9.17) is 11.6 Å². The van der Waals surface area contributed by atoms with Crippen molar-refractivity contribution in [1.82, 2.24) is 5.43 Å². The summed E-state index contributed by atoms with van der Waals surface area (Å²) in [5.74, 6) is 0.924. The van der Waals surface area contributed by atoms with E-state index in [2.05, 4.69) is 33.1 Å². The van der Waals surface area contributed by atoms with Crippen molar-refractivity contribution in [2.75, 3.05) is 5.75 Å². The van der Waals surface area contributed by atoms with Gasteiger partial charge in [0.15, 0.2) is 0 Å². The first-order valence-corrected chi connectivity index (χ1v) is 9.57. The molecule has 3 nitrogen and oxygen atoms in total. The van der Waals surface area contributed by atoms with Crippen molar-refractivity contribution >= 4 is 57.6 Å². The number of nitrogens with zero attached hydrogens (tertiary/aromatic N) is 1. The molecule has 0 radical (unpaired) electrons. The minimum absolute atomic E-state index is 0.118. The molecular weight excluding hydrogens is 443 g/mol. The zero-order valence-electron chi connectivity index (χ0n) is 12.6. The van der Waals surface area contributed by atoms with E-state index in [0.717, 1.165) is 25.4 Å². The lowest BCUT2D eigenvalue weighted by molar-refractivity contribution is -0.118. The van der Waals surface area contributed by atoms with Gasteiger partial charge in [-0.05, 0) is 58.8 Å². The van der Waals surface area contributed by atoms with Crippen LogP contribution in [-0.4, -0.2) is 17.4 Å². The smallest absolute Gasteiger partial charge is 0.250 e. The molecule has 6 heteroatoms. The Hall–Kier alpha value is -1.05. The lowest BCUT2D eigenvalue weighted by atomic mass is 10.1. The number of hydrazone groups is 1. The number of benzene rings is 2. The van der Waals surface area contributed by atoms with Gasteiger partial charge in [0.1, 0.15) is 0 Å². The topological polar surface area (TPSA) is 41.5 Å². The van der Waals surface area contributed by atoms with E-state index >= 15 is 0 Å². The second-order valence-electron chi connectivity index (χ2n) is 4.83. The summed E-state index contributed by atoms with van der Waals surface area (Å²) in [5, 5.41) is 4.88. The zero-order valence-corrected chi connectivity index (χ0v) is 16.3. The van der Waals surface area contributed by atoms with Gasteiger partial charge in [0.25, 0.3) is 0 Å². The fourth-order valence-corrected chi connectivity index (χ4v) is 3.47. The summed E-state index contributed by atoms with van der Waals surface area (Å²) in [6, 6.07) is 15.6. The standard InChI is InChI=1S/C17H16ClIN2OS/c1-12(13-6-4-7-15(19)9-13)20-21-17(22)11-23-10-14-5-2-3-8-16(14)18/h2-9H,10-11H2,1H3,(H,21,22). The molecule has 0 saturated heterocycles. The van der Waals surface area contributed by atoms with Crippen LogP contribution in [0.1, 0.15) is 18.1 Å². The molecule has 0 aromatic heterocycles. The zero-order chi connectivity index (χ0) is 16.7. The van der Waals surface area contributed by atoms with Gasteiger partial charge in [-0.2, -0.15) is 5.10 Å². The molecule has 1 amide bonds. The monoisotopic (exact) mass is 458 g/mol. The Morgan fingerprint density at radius 3 is 2.78 bits per heavy atom. The Kier molecular flexibility index (Phi) is 7.39. The van der Waals surface area contributed by atoms with Crippen LogP contribution >= 0.6 is 46.0 Å². The maximum Gasteiger partial charge on any atom is 0.250 e. The van der Waals surface area contributed by atoms with Crippen LogP contribution in [0.5, 0.6) is 0 Å². The molecule has 0 aliphatic heterocycles. The first-order valence-electron chi connectivity index (χ1n) is 6.96. The fraction of sp³-hybridized carbons (Fsp3) is 0.176. The van der Waals surface area contributed by atoms with Crippen molar-refractivity contribution in [3.8, 4) is 0 Å². The summed E-state index contributed by atoms with van der Waals surface area (Å²) in [6.07, 6.45) is 0. The maximum atomic E-state index is 11.8. The van der Waals surface area contributed by atoms with Crippen LogP contribution in [0.2, 0.25) is 5.02 Å². The van der Waals surface area contributed by atoms with Gasteiger partial charge in [0.2, 0.25) is 5.91 Å². The number of thioether (sulfide) groups is 1. The van der Waals surface area contributed by atoms with E-state index in [1.807, 2.05) is 55.5 Å². The first-order chi connectivity index (χ1) is 11.1. The molecule has 2 aromatic rings. The third kappa shape index (κ3) is 6.16. The van der Waals surface area contributed by atoms with Gasteiger partial charge >= 0.3 is 0 Å². The van der Waals surface area contributed by atoms with Crippen molar-refractivity contribution in [1.29, 1.82) is 0 Å². The van der Waals surface area contributed by atoms with Crippen LogP contribution in [0.25, 0.3) is 0 Å². The maximum absolute atomic E-state index is 11.8. The number of carbonyl (C=O) groups excluding carboxylic acids is 1. The van der Waals surface area contributed by atoms with Gasteiger partial charge in [0.05, 0.1) is 11.5 Å². The molecule has 0 atom stereocenters. The summed E-state index contributed by atoms with van der Waals surface area (Å²) in [7, 11) is 0. The lowest BCUT2D eigenvalue weighted by Gasteiger charge is -2.05. The van der Waals surface area contributed by atoms with Crippen molar-refractivity contribution in [3.05, 3.63) is 68.3 Å². The number of nitrogens with one attached hydrogen (secondary N) is 1. The molecule has 0 aliphatic rings. The Labute approximate surface area is 159 Å². The number of hydrogen-bond acceptors (Lipinski definition) is 3. The largest absolute Gasteiger partial charge is 0.272 e. The predicted molar refractivity (Wildman–Crippen MR) is 107 cm³/mol. The van der Waals surface area contributed by atoms with Crippen molar-refractivity contribution in [2.45, 2.75) is 12.7 Å². The summed E-state index contributed by atoms with van der Waals surface area (Å²) >= 11 is 9.85. The van der Waals surface area contributed by atoms with E-state index in [1.165, 1.54) is 11.8 Å². The third-order valence-corrected chi connectivity index (χ3v) is 5.06. The molecule has 2 rings (SSSR count). The summed E-state index contributed by atoms with van der Waals surface area (Å²) < 4.78 is 1.14. The van der Waals surface area contributed by atoms with Crippen molar-refractivity contribution in [2.24, 2.45) is 5.10 Å². The molecule has 0 aliphatic carbocycles. The van der Waals surface area contributed by atoms with E-state index in [9.17, 15) is 4.79 Å². The van der Waals surface area contributed by atoms with Crippen LogP contribution in [-0.2, 0) is 10.5 Å². The molecule has 1 N–H and O–H groups in total. The van der Waals surface area contributed by atoms with Gasteiger partial charge in [-0.25, -0.2) is 5.43 Å². The molecule has 120 valence electrons. The average Bonchev–Trinajstić information content (AvgIpc) is 2.54. The molecule has 0 spiro atoms. The van der Waals surface area contributed by atoms with Gasteiger partial charge in [0, 0.05) is 14.3 Å². The summed E-state index contributed by atoms with van der Waals surface area (Å²) in [6.45, 7) is 1.88. The van der Waals surface area contributed by atoms with E-state index < -0.39 is 0 Å². The van der Waals surface area contributed by atoms with Crippen LogP contribution < -0.4 is 5.43 Å². The Morgan fingerprint density at radius 1 is 1.26 bits per heavy atom. The molecule has 0 unspecified atom stereocenters. The highest BCUT2D eigenvalue weighted by atomic mass is 127. The SMILES string of the molecule is CC(=NNC(=O)CSCc1ccccc1Cl)c1cccc(I)c1. The Bertz CT molecular complexity index is 721. The second-order valence-corrected chi connectivity index (χ2v) is 7.47. The predicted octanol–water partition coefficient (Wildman–Crippen LogP) is 4.72. The number of halogens is 2. The number of hydrogen-bond donors (Lipinski definition) is 1. The molecule has 0 saturated carbocycles. The molecule has 23 heavy (non-hydrogen) atoms. The number of rotatable bonds is 6. The quantitative estimate of drug-likeness (QED) is 0.387. The van der Waals surface area contributed by atoms with Crippen LogP contribution in [0, 0.1) is 3.57 Å². The number of carbonyl (C=O) groups is 1. The first kappa shape index (κ1) is 18.3. The number of amides is 1. The normalized spacial score (nSPS) is 11.3. The summed E-state index contributed by atoms with van der Waals surface area (Å²) in [5.41, 5.74) is 5.41. The van der Waals surface area contributed by atoms with Gasteiger partial charge in [-0.3, -0.25) is 4.79 Å². The molecular formula is C17H16ClIN2OS. The van der Waals surface area contributed by atoms with Crippen LogP contribution in [0.4, 0.5) is 0 Å². The third-order valence-electron chi connectivity index (χ3n) is 3.04. The van der Waals surface area contributed by atoms with Gasteiger partial charge < -0.3 is 0 Å². The van der Waals surface area contributed by atoms with Gasteiger partial charge in [-0.15, -0.1) is 11.8 Å². The molecule has 0 bridgehead atoms. The van der Waals surface area contributed by atoms with E-state index in [1.54, 1.807) is 0 Å². The minimum Gasteiger partial charge on any atom is -0.272 e. The van der Waals surface area contributed by atoms with Crippen molar-refractivity contribution < 1.29 is 4.79 Å².